The summed E-state index contributed by atoms with van der Waals surface area (Å²) in [5.41, 5.74) is 3.19. The largest absolute Gasteiger partial charge is 0.355 e. The van der Waals surface area contributed by atoms with E-state index in [0.29, 0.717) is 6.54 Å². The van der Waals surface area contributed by atoms with Crippen LogP contribution in [0.4, 0.5) is 5.82 Å². The van der Waals surface area contributed by atoms with Gasteiger partial charge in [0.25, 0.3) is 0 Å². The topological polar surface area (TPSA) is 71.0 Å². The number of rotatable bonds is 4. The minimum atomic E-state index is 0.0590. The molecule has 2 aromatic heterocycles. The van der Waals surface area contributed by atoms with Crippen molar-refractivity contribution in [2.75, 3.05) is 18.0 Å². The molecule has 0 atom stereocenters. The molecule has 24 heavy (non-hydrogen) atoms. The second-order valence-corrected chi connectivity index (χ2v) is 6.32. The smallest absolute Gasteiger partial charge is 0.223 e. The summed E-state index contributed by atoms with van der Waals surface area (Å²) in [6.07, 6.45) is 8.65. The number of hydrogen-bond donors (Lipinski definition) is 1. The number of anilines is 1. The average molecular weight is 325 g/mol. The van der Waals surface area contributed by atoms with Crippen LogP contribution < -0.4 is 10.2 Å². The highest BCUT2D eigenvalue weighted by molar-refractivity contribution is 5.78. The summed E-state index contributed by atoms with van der Waals surface area (Å²) in [6, 6.07) is 2.09. The van der Waals surface area contributed by atoms with Crippen molar-refractivity contribution in [3.63, 3.8) is 0 Å². The quantitative estimate of drug-likeness (QED) is 0.931. The first-order valence-corrected chi connectivity index (χ1v) is 8.34. The Morgan fingerprint density at radius 3 is 2.67 bits per heavy atom. The van der Waals surface area contributed by atoms with E-state index >= 15 is 0 Å². The fraction of sp³-hybridized carbons (Fsp3) is 0.444. The van der Waals surface area contributed by atoms with Crippen LogP contribution in [0.5, 0.6) is 0 Å². The van der Waals surface area contributed by atoms with E-state index in [9.17, 15) is 4.79 Å². The molecule has 0 aromatic carbocycles. The molecule has 0 saturated carbocycles. The van der Waals surface area contributed by atoms with Crippen LogP contribution in [0, 0.1) is 19.8 Å². The predicted molar refractivity (Wildman–Crippen MR) is 92.5 cm³/mol. The summed E-state index contributed by atoms with van der Waals surface area (Å²) in [7, 11) is 0. The number of pyridine rings is 1. The lowest BCUT2D eigenvalue weighted by molar-refractivity contribution is -0.125. The molecule has 0 spiro atoms. The number of amides is 1. The van der Waals surface area contributed by atoms with Crippen LogP contribution in [0.15, 0.2) is 30.9 Å². The van der Waals surface area contributed by atoms with Gasteiger partial charge in [-0.1, -0.05) is 6.07 Å². The van der Waals surface area contributed by atoms with E-state index in [1.165, 1.54) is 0 Å². The second-order valence-electron chi connectivity index (χ2n) is 6.32. The molecule has 1 N–H and O–H groups in total. The number of aryl methyl sites for hydroxylation is 2. The van der Waals surface area contributed by atoms with Crippen molar-refractivity contribution < 1.29 is 4.79 Å². The van der Waals surface area contributed by atoms with Gasteiger partial charge in [-0.15, -0.1) is 0 Å². The third kappa shape index (κ3) is 3.88. The number of nitrogens with one attached hydrogen (secondary N) is 1. The summed E-state index contributed by atoms with van der Waals surface area (Å²) >= 11 is 0. The minimum absolute atomic E-state index is 0.0590. The van der Waals surface area contributed by atoms with Crippen molar-refractivity contribution in [3.8, 4) is 0 Å². The molecular formula is C18H23N5O. The van der Waals surface area contributed by atoms with Crippen LogP contribution >= 0.6 is 0 Å². The van der Waals surface area contributed by atoms with E-state index < -0.39 is 0 Å². The van der Waals surface area contributed by atoms with Crippen LogP contribution in [-0.2, 0) is 11.3 Å². The maximum absolute atomic E-state index is 12.4. The first kappa shape index (κ1) is 16.4. The van der Waals surface area contributed by atoms with Crippen molar-refractivity contribution in [2.45, 2.75) is 33.2 Å². The molecule has 0 unspecified atom stereocenters. The van der Waals surface area contributed by atoms with Crippen molar-refractivity contribution in [3.05, 3.63) is 47.7 Å². The molecule has 0 bridgehead atoms. The van der Waals surface area contributed by atoms with Crippen molar-refractivity contribution >= 4 is 11.7 Å². The third-order valence-corrected chi connectivity index (χ3v) is 4.49. The molecule has 3 rings (SSSR count). The number of nitrogens with zero attached hydrogens (tertiary/aromatic N) is 4. The van der Waals surface area contributed by atoms with Gasteiger partial charge in [-0.2, -0.15) is 0 Å². The van der Waals surface area contributed by atoms with Gasteiger partial charge >= 0.3 is 0 Å². The standard InChI is InChI=1S/C18H23N5O/c1-13-9-14(2)16(21-10-13)11-22-18(24)15-3-7-23(8-4-15)17-12-19-5-6-20-17/h5-6,9-10,12,15H,3-4,7-8,11H2,1-2H3,(H,22,24). The van der Waals surface area contributed by atoms with Crippen LogP contribution in [0.25, 0.3) is 0 Å². The molecule has 6 nitrogen and oxygen atoms in total. The molecule has 1 aliphatic heterocycles. The SMILES string of the molecule is Cc1cnc(CNC(=O)C2CCN(c3cnccn3)CC2)c(C)c1. The van der Waals surface area contributed by atoms with E-state index in [4.69, 9.17) is 0 Å². The Labute approximate surface area is 142 Å². The Hall–Kier alpha value is -2.50. The molecule has 1 amide bonds. The van der Waals surface area contributed by atoms with E-state index in [0.717, 1.165) is 48.6 Å². The van der Waals surface area contributed by atoms with Crippen LogP contribution in [0.1, 0.15) is 29.7 Å². The monoisotopic (exact) mass is 325 g/mol. The molecular weight excluding hydrogens is 302 g/mol. The van der Waals surface area contributed by atoms with E-state index in [1.54, 1.807) is 18.6 Å². The lowest BCUT2D eigenvalue weighted by Gasteiger charge is -2.31. The maximum atomic E-state index is 12.4. The van der Waals surface area contributed by atoms with Gasteiger partial charge in [0, 0.05) is 37.6 Å². The van der Waals surface area contributed by atoms with E-state index in [1.807, 2.05) is 20.0 Å². The number of hydrogen-bond acceptors (Lipinski definition) is 5. The zero-order valence-corrected chi connectivity index (χ0v) is 14.2. The summed E-state index contributed by atoms with van der Waals surface area (Å²) in [6.45, 7) is 6.21. The first-order chi connectivity index (χ1) is 11.6. The molecule has 1 fully saturated rings. The molecule has 126 valence electrons. The highest BCUT2D eigenvalue weighted by Gasteiger charge is 2.25. The van der Waals surface area contributed by atoms with Gasteiger partial charge < -0.3 is 10.2 Å². The number of aromatic nitrogens is 3. The molecule has 3 heterocycles. The van der Waals surface area contributed by atoms with Crippen molar-refractivity contribution in [1.29, 1.82) is 0 Å². The van der Waals surface area contributed by atoms with Gasteiger partial charge in [0.2, 0.25) is 5.91 Å². The zero-order valence-electron chi connectivity index (χ0n) is 14.2. The van der Waals surface area contributed by atoms with Gasteiger partial charge in [-0.25, -0.2) is 4.98 Å². The highest BCUT2D eigenvalue weighted by atomic mass is 16.1. The third-order valence-electron chi connectivity index (χ3n) is 4.49. The van der Waals surface area contributed by atoms with E-state index in [2.05, 4.69) is 31.2 Å². The average Bonchev–Trinajstić information content (AvgIpc) is 2.62. The summed E-state index contributed by atoms with van der Waals surface area (Å²) < 4.78 is 0. The van der Waals surface area contributed by atoms with E-state index in [-0.39, 0.29) is 11.8 Å². The summed E-state index contributed by atoms with van der Waals surface area (Å²) in [5, 5.41) is 3.04. The van der Waals surface area contributed by atoms with Gasteiger partial charge in [0.1, 0.15) is 5.82 Å². The van der Waals surface area contributed by atoms with Crippen LogP contribution in [-0.4, -0.2) is 33.9 Å². The Morgan fingerprint density at radius 1 is 1.21 bits per heavy atom. The molecule has 2 aromatic rings. The first-order valence-electron chi connectivity index (χ1n) is 8.34. The summed E-state index contributed by atoms with van der Waals surface area (Å²) in [5.74, 6) is 1.06. The van der Waals surface area contributed by atoms with Gasteiger partial charge in [0.05, 0.1) is 18.4 Å². The number of carbonyl (C=O) groups is 1. The van der Waals surface area contributed by atoms with Crippen LogP contribution in [0.3, 0.4) is 0 Å². The lowest BCUT2D eigenvalue weighted by Crippen LogP contribution is -2.40. The zero-order chi connectivity index (χ0) is 16.9. The number of piperidine rings is 1. The Morgan fingerprint density at radius 2 is 2.00 bits per heavy atom. The van der Waals surface area contributed by atoms with Gasteiger partial charge in [-0.05, 0) is 37.8 Å². The Kier molecular flexibility index (Phi) is 5.03. The molecule has 0 aliphatic carbocycles. The Balaban J connectivity index is 1.50. The normalized spacial score (nSPS) is 15.3. The van der Waals surface area contributed by atoms with Crippen LogP contribution in [0.2, 0.25) is 0 Å². The van der Waals surface area contributed by atoms with Gasteiger partial charge in [0.15, 0.2) is 0 Å². The number of carbonyl (C=O) groups excluding carboxylic acids is 1. The molecule has 0 radical (unpaired) electrons. The minimum Gasteiger partial charge on any atom is -0.355 e. The van der Waals surface area contributed by atoms with Gasteiger partial charge in [-0.3, -0.25) is 14.8 Å². The molecule has 1 aliphatic rings. The molecule has 6 heteroatoms. The highest BCUT2D eigenvalue weighted by Crippen LogP contribution is 2.21. The molecule has 1 saturated heterocycles. The maximum Gasteiger partial charge on any atom is 0.223 e. The summed E-state index contributed by atoms with van der Waals surface area (Å²) in [4.78, 5) is 27.4. The predicted octanol–water partition coefficient (Wildman–Crippen LogP) is 2.02. The fourth-order valence-electron chi connectivity index (χ4n) is 3.07. The fourth-order valence-corrected chi connectivity index (χ4v) is 3.07. The second kappa shape index (κ2) is 7.38. The Bertz CT molecular complexity index is 696. The van der Waals surface area contributed by atoms with Crippen molar-refractivity contribution in [1.82, 2.24) is 20.3 Å². The van der Waals surface area contributed by atoms with Crippen molar-refractivity contribution in [2.24, 2.45) is 5.92 Å². The lowest BCUT2D eigenvalue weighted by atomic mass is 9.96.